The third-order valence-corrected chi connectivity index (χ3v) is 8.45. The first-order valence-electron chi connectivity index (χ1n) is 13.7. The molecule has 1 saturated carbocycles. The molecular formula is C30H38N4O3. The van der Waals surface area contributed by atoms with Crippen molar-refractivity contribution in [2.75, 3.05) is 31.2 Å². The van der Waals surface area contributed by atoms with Crippen LogP contribution in [0, 0.1) is 5.92 Å². The van der Waals surface area contributed by atoms with Gasteiger partial charge < -0.3 is 20.0 Å². The van der Waals surface area contributed by atoms with Gasteiger partial charge in [-0.05, 0) is 50.3 Å². The molecule has 2 aromatic rings. The standard InChI is InChI=1S/C30H38N4O3/c1-23(24-11-5-2-6-12-24)31-27(35)21-33-22-34(26-15-9-4-10-16-26)30(29(33)37)17-19-32(20-18-30)28(36)25-13-7-3-8-14-25/h2,4-6,9-12,15-16,23,25H,3,7-8,13-14,17-22H2,1H3,(H,31,35)/t23-/m0/s1. The highest BCUT2D eigenvalue weighted by Crippen LogP contribution is 2.40. The lowest BCUT2D eigenvalue weighted by Gasteiger charge is -2.44. The van der Waals surface area contributed by atoms with E-state index in [-0.39, 0.29) is 36.2 Å². The Morgan fingerprint density at radius 3 is 2.22 bits per heavy atom. The minimum absolute atomic E-state index is 0.0105. The van der Waals surface area contributed by atoms with Crippen molar-refractivity contribution >= 4 is 23.4 Å². The number of para-hydroxylation sites is 1. The zero-order valence-corrected chi connectivity index (χ0v) is 21.8. The molecule has 196 valence electrons. The molecule has 2 aromatic carbocycles. The lowest BCUT2D eigenvalue weighted by molar-refractivity contribution is -0.142. The molecule has 1 spiro atoms. The van der Waals surface area contributed by atoms with Gasteiger partial charge in [-0.15, -0.1) is 0 Å². The van der Waals surface area contributed by atoms with Crippen LogP contribution in [0.5, 0.6) is 0 Å². The Hall–Kier alpha value is -3.35. The van der Waals surface area contributed by atoms with Gasteiger partial charge >= 0.3 is 0 Å². The number of amides is 3. The lowest BCUT2D eigenvalue weighted by Crippen LogP contribution is -2.58. The largest absolute Gasteiger partial charge is 0.348 e. The van der Waals surface area contributed by atoms with Gasteiger partial charge in [0.25, 0.3) is 5.91 Å². The zero-order valence-electron chi connectivity index (χ0n) is 21.8. The predicted octanol–water partition coefficient (Wildman–Crippen LogP) is 4.11. The topological polar surface area (TPSA) is 73.0 Å². The minimum Gasteiger partial charge on any atom is -0.348 e. The maximum atomic E-state index is 13.9. The molecule has 7 nitrogen and oxygen atoms in total. The van der Waals surface area contributed by atoms with Crippen LogP contribution >= 0.6 is 0 Å². The lowest BCUT2D eigenvalue weighted by atomic mass is 9.83. The number of nitrogens with one attached hydrogen (secondary N) is 1. The maximum absolute atomic E-state index is 13.9. The van der Waals surface area contributed by atoms with E-state index < -0.39 is 5.54 Å². The van der Waals surface area contributed by atoms with Gasteiger partial charge in [0.1, 0.15) is 12.1 Å². The SMILES string of the molecule is C[C@H](NC(=O)CN1CN(c2ccccc2)C2(CCN(C(=O)C3CCCCC3)CC2)C1=O)c1ccccc1. The summed E-state index contributed by atoms with van der Waals surface area (Å²) in [6.45, 7) is 3.50. The molecule has 5 rings (SSSR count). The fourth-order valence-electron chi connectivity index (χ4n) is 6.31. The molecule has 37 heavy (non-hydrogen) atoms. The number of carbonyl (C=O) groups excluding carboxylic acids is 3. The van der Waals surface area contributed by atoms with Crippen LogP contribution in [0.2, 0.25) is 0 Å². The fraction of sp³-hybridized carbons (Fsp3) is 0.500. The molecule has 1 aliphatic carbocycles. The highest BCUT2D eigenvalue weighted by Gasteiger charge is 2.54. The predicted molar refractivity (Wildman–Crippen MR) is 144 cm³/mol. The maximum Gasteiger partial charge on any atom is 0.250 e. The van der Waals surface area contributed by atoms with Crippen LogP contribution in [-0.4, -0.2) is 59.4 Å². The van der Waals surface area contributed by atoms with E-state index in [1.807, 2.05) is 72.5 Å². The van der Waals surface area contributed by atoms with Crippen LogP contribution in [-0.2, 0) is 14.4 Å². The summed E-state index contributed by atoms with van der Waals surface area (Å²) in [5, 5.41) is 3.04. The van der Waals surface area contributed by atoms with E-state index in [0.29, 0.717) is 32.6 Å². The summed E-state index contributed by atoms with van der Waals surface area (Å²) in [6, 6.07) is 19.7. The molecule has 3 aliphatic rings. The second-order valence-electron chi connectivity index (χ2n) is 10.8. The Kier molecular flexibility index (Phi) is 7.49. The molecule has 1 atom stereocenters. The molecule has 0 radical (unpaired) electrons. The molecule has 0 unspecified atom stereocenters. The molecule has 2 saturated heterocycles. The summed E-state index contributed by atoms with van der Waals surface area (Å²) in [7, 11) is 0. The molecule has 0 bridgehead atoms. The van der Waals surface area contributed by atoms with Gasteiger partial charge in [0.05, 0.1) is 12.7 Å². The molecule has 2 aliphatic heterocycles. The first-order chi connectivity index (χ1) is 18.0. The number of hydrogen-bond acceptors (Lipinski definition) is 4. The fourth-order valence-corrected chi connectivity index (χ4v) is 6.31. The number of benzene rings is 2. The zero-order chi connectivity index (χ0) is 25.8. The van der Waals surface area contributed by atoms with Gasteiger partial charge in [0, 0.05) is 24.7 Å². The van der Waals surface area contributed by atoms with Crippen LogP contribution in [0.3, 0.4) is 0 Å². The van der Waals surface area contributed by atoms with Gasteiger partial charge in [-0.1, -0.05) is 67.8 Å². The normalized spacial score (nSPS) is 20.8. The van der Waals surface area contributed by atoms with E-state index in [1.54, 1.807) is 4.90 Å². The Bertz CT molecular complexity index is 1090. The number of hydrogen-bond donors (Lipinski definition) is 1. The van der Waals surface area contributed by atoms with Crippen molar-refractivity contribution in [2.24, 2.45) is 5.92 Å². The number of piperidine rings is 1. The van der Waals surface area contributed by atoms with Crippen LogP contribution in [0.4, 0.5) is 5.69 Å². The number of carbonyl (C=O) groups is 3. The van der Waals surface area contributed by atoms with Crippen LogP contribution in [0.1, 0.15) is 63.5 Å². The monoisotopic (exact) mass is 502 g/mol. The molecular weight excluding hydrogens is 464 g/mol. The van der Waals surface area contributed by atoms with E-state index in [2.05, 4.69) is 10.2 Å². The number of rotatable bonds is 6. The van der Waals surface area contributed by atoms with E-state index in [4.69, 9.17) is 0 Å². The number of nitrogens with zero attached hydrogens (tertiary/aromatic N) is 3. The van der Waals surface area contributed by atoms with E-state index in [9.17, 15) is 14.4 Å². The van der Waals surface area contributed by atoms with Crippen molar-refractivity contribution in [1.29, 1.82) is 0 Å². The number of likely N-dealkylation sites (tertiary alicyclic amines) is 1. The van der Waals surface area contributed by atoms with Crippen LogP contribution in [0.25, 0.3) is 0 Å². The summed E-state index contributed by atoms with van der Waals surface area (Å²) >= 11 is 0. The smallest absolute Gasteiger partial charge is 0.250 e. The highest BCUT2D eigenvalue weighted by atomic mass is 16.2. The summed E-state index contributed by atoms with van der Waals surface area (Å²) in [6.07, 6.45) is 6.62. The minimum atomic E-state index is -0.726. The second-order valence-corrected chi connectivity index (χ2v) is 10.8. The summed E-state index contributed by atoms with van der Waals surface area (Å²) < 4.78 is 0. The van der Waals surface area contributed by atoms with Crippen LogP contribution in [0.15, 0.2) is 60.7 Å². The van der Waals surface area contributed by atoms with E-state index in [0.717, 1.165) is 36.9 Å². The molecule has 1 N–H and O–H groups in total. The quantitative estimate of drug-likeness (QED) is 0.645. The van der Waals surface area contributed by atoms with Gasteiger partial charge in [-0.25, -0.2) is 0 Å². The van der Waals surface area contributed by atoms with Gasteiger partial charge in [-0.3, -0.25) is 14.4 Å². The molecule has 3 fully saturated rings. The number of anilines is 1. The first kappa shape index (κ1) is 25.3. The third-order valence-electron chi connectivity index (χ3n) is 8.45. The van der Waals surface area contributed by atoms with Crippen molar-refractivity contribution in [3.63, 3.8) is 0 Å². The van der Waals surface area contributed by atoms with Crippen molar-refractivity contribution < 1.29 is 14.4 Å². The summed E-state index contributed by atoms with van der Waals surface area (Å²) in [5.74, 6) is 0.222. The average molecular weight is 503 g/mol. The molecule has 3 amide bonds. The Labute approximate surface area is 219 Å². The van der Waals surface area contributed by atoms with Gasteiger partial charge in [0.15, 0.2) is 0 Å². The molecule has 2 heterocycles. The van der Waals surface area contributed by atoms with E-state index in [1.165, 1.54) is 6.42 Å². The van der Waals surface area contributed by atoms with Crippen molar-refractivity contribution in [3.05, 3.63) is 66.2 Å². The van der Waals surface area contributed by atoms with E-state index >= 15 is 0 Å². The van der Waals surface area contributed by atoms with Crippen molar-refractivity contribution in [1.82, 2.24) is 15.1 Å². The Morgan fingerprint density at radius 1 is 0.946 bits per heavy atom. The summed E-state index contributed by atoms with van der Waals surface area (Å²) in [4.78, 5) is 45.9. The molecule has 7 heteroatoms. The average Bonchev–Trinajstić information content (AvgIpc) is 3.20. The van der Waals surface area contributed by atoms with Crippen LogP contribution < -0.4 is 10.2 Å². The van der Waals surface area contributed by atoms with Crippen molar-refractivity contribution in [3.8, 4) is 0 Å². The summed E-state index contributed by atoms with van der Waals surface area (Å²) in [5.41, 5.74) is 1.28. The van der Waals surface area contributed by atoms with Crippen molar-refractivity contribution in [2.45, 2.75) is 63.5 Å². The first-order valence-corrected chi connectivity index (χ1v) is 13.7. The Morgan fingerprint density at radius 2 is 1.57 bits per heavy atom. The highest BCUT2D eigenvalue weighted by molar-refractivity contribution is 5.96. The Balaban J connectivity index is 1.29. The second kappa shape index (κ2) is 11.0. The molecule has 0 aromatic heterocycles. The third kappa shape index (κ3) is 5.22. The van der Waals surface area contributed by atoms with Gasteiger partial charge in [0.2, 0.25) is 11.8 Å². The van der Waals surface area contributed by atoms with Gasteiger partial charge in [-0.2, -0.15) is 0 Å².